The van der Waals surface area contributed by atoms with Crippen molar-refractivity contribution in [2.75, 3.05) is 5.32 Å². The minimum Gasteiger partial charge on any atom is -0.465 e. The number of hydrogen-bond acceptors (Lipinski definition) is 4. The van der Waals surface area contributed by atoms with Crippen molar-refractivity contribution < 1.29 is 23.1 Å². The smallest absolute Gasteiger partial charge is 0.420 e. The van der Waals surface area contributed by atoms with Crippen molar-refractivity contribution in [2.24, 2.45) is 0 Å². The Kier molecular flexibility index (Phi) is 3.07. The number of halogens is 3. The van der Waals surface area contributed by atoms with Crippen molar-refractivity contribution in [3.8, 4) is 5.82 Å². The zero-order valence-electron chi connectivity index (χ0n) is 9.09. The number of pyridine rings is 1. The van der Waals surface area contributed by atoms with Crippen molar-refractivity contribution in [2.45, 2.75) is 6.18 Å². The molecule has 0 unspecified atom stereocenters. The molecule has 2 N–H and O–H groups in total. The minimum atomic E-state index is -4.72. The Morgan fingerprint density at radius 3 is 2.47 bits per heavy atom. The number of amides is 1. The molecule has 0 aliphatic carbocycles. The van der Waals surface area contributed by atoms with Gasteiger partial charge < -0.3 is 5.11 Å². The molecule has 2 aromatic rings. The summed E-state index contributed by atoms with van der Waals surface area (Å²) >= 11 is 0. The number of nitrogens with zero attached hydrogens (tertiary/aromatic N) is 4. The van der Waals surface area contributed by atoms with Gasteiger partial charge in [-0.25, -0.2) is 9.78 Å². The lowest BCUT2D eigenvalue weighted by Crippen LogP contribution is -2.16. The number of aromatic nitrogens is 4. The van der Waals surface area contributed by atoms with Gasteiger partial charge in [-0.1, -0.05) is 0 Å². The van der Waals surface area contributed by atoms with Crippen molar-refractivity contribution in [1.82, 2.24) is 20.0 Å². The fraction of sp³-hybridized carbons (Fsp3) is 0.111. The Balaban J connectivity index is 2.53. The van der Waals surface area contributed by atoms with Gasteiger partial charge in [0, 0.05) is 0 Å². The maximum Gasteiger partial charge on any atom is 0.420 e. The van der Waals surface area contributed by atoms with Crippen molar-refractivity contribution in [3.05, 3.63) is 30.2 Å². The number of alkyl halides is 3. The molecular weight excluding hydrogens is 267 g/mol. The second-order valence-electron chi connectivity index (χ2n) is 3.34. The molecule has 0 atom stereocenters. The summed E-state index contributed by atoms with van der Waals surface area (Å²) in [4.78, 5) is 14.6. The highest BCUT2D eigenvalue weighted by Crippen LogP contribution is 2.33. The number of hydrogen-bond donors (Lipinski definition) is 2. The van der Waals surface area contributed by atoms with Crippen LogP contribution in [0.1, 0.15) is 5.56 Å². The van der Waals surface area contributed by atoms with Crippen molar-refractivity contribution in [1.29, 1.82) is 0 Å². The molecule has 0 aliphatic rings. The Morgan fingerprint density at radius 2 is 1.95 bits per heavy atom. The molecule has 0 saturated carbocycles. The topological polar surface area (TPSA) is 92.9 Å². The van der Waals surface area contributed by atoms with E-state index in [2.05, 4.69) is 15.2 Å². The lowest BCUT2D eigenvalue weighted by molar-refractivity contribution is -0.137. The molecule has 100 valence electrons. The van der Waals surface area contributed by atoms with Crippen LogP contribution >= 0.6 is 0 Å². The zero-order chi connectivity index (χ0) is 14.0. The van der Waals surface area contributed by atoms with Crippen molar-refractivity contribution in [3.63, 3.8) is 0 Å². The van der Waals surface area contributed by atoms with Gasteiger partial charge in [-0.15, -0.1) is 4.80 Å². The van der Waals surface area contributed by atoms with Crippen LogP contribution in [0.4, 0.5) is 23.7 Å². The minimum absolute atomic E-state index is 0.296. The molecule has 0 aromatic carbocycles. The van der Waals surface area contributed by atoms with Crippen LogP contribution in [-0.2, 0) is 6.18 Å². The van der Waals surface area contributed by atoms with E-state index in [1.54, 1.807) is 5.32 Å². The largest absolute Gasteiger partial charge is 0.465 e. The fourth-order valence-electron chi connectivity index (χ4n) is 1.34. The Bertz CT molecular complexity index is 596. The van der Waals surface area contributed by atoms with Crippen LogP contribution in [-0.4, -0.2) is 31.2 Å². The molecule has 0 aliphatic heterocycles. The zero-order valence-corrected chi connectivity index (χ0v) is 9.09. The predicted molar refractivity (Wildman–Crippen MR) is 55.8 cm³/mol. The first-order valence-electron chi connectivity index (χ1n) is 4.82. The van der Waals surface area contributed by atoms with Gasteiger partial charge in [-0.2, -0.15) is 23.4 Å². The summed E-state index contributed by atoms with van der Waals surface area (Å²) < 4.78 is 38.6. The summed E-state index contributed by atoms with van der Waals surface area (Å²) in [6, 6.07) is 0.625. The molecule has 2 heterocycles. The number of rotatable bonds is 2. The van der Waals surface area contributed by atoms with Gasteiger partial charge >= 0.3 is 12.3 Å². The Labute approximate surface area is 103 Å². The lowest BCUT2D eigenvalue weighted by atomic mass is 10.2. The van der Waals surface area contributed by atoms with E-state index >= 15 is 0 Å². The third kappa shape index (κ3) is 2.78. The van der Waals surface area contributed by atoms with Crippen molar-refractivity contribution >= 4 is 11.8 Å². The summed E-state index contributed by atoms with van der Waals surface area (Å²) in [6.45, 7) is 0. The average molecular weight is 273 g/mol. The maximum atomic E-state index is 12.9. The molecule has 0 saturated heterocycles. The highest BCUT2D eigenvalue weighted by molar-refractivity contribution is 5.82. The van der Waals surface area contributed by atoms with E-state index in [0.717, 1.165) is 6.20 Å². The van der Waals surface area contributed by atoms with E-state index < -0.39 is 23.7 Å². The van der Waals surface area contributed by atoms with Gasteiger partial charge in [0.25, 0.3) is 0 Å². The van der Waals surface area contributed by atoms with E-state index in [1.807, 2.05) is 0 Å². The Hall–Kier alpha value is -2.65. The van der Waals surface area contributed by atoms with E-state index in [0.29, 0.717) is 10.9 Å². The monoisotopic (exact) mass is 273 g/mol. The van der Waals surface area contributed by atoms with Crippen LogP contribution < -0.4 is 5.32 Å². The van der Waals surface area contributed by atoms with E-state index in [-0.39, 0.29) is 5.69 Å². The van der Waals surface area contributed by atoms with Gasteiger partial charge in [0.05, 0.1) is 24.3 Å². The number of carboxylic acid groups (broad SMARTS) is 1. The van der Waals surface area contributed by atoms with Gasteiger partial charge in [-0.05, 0) is 6.07 Å². The van der Waals surface area contributed by atoms with Gasteiger partial charge in [0.2, 0.25) is 0 Å². The first-order valence-corrected chi connectivity index (χ1v) is 4.82. The molecule has 0 spiro atoms. The number of anilines is 1. The fourth-order valence-corrected chi connectivity index (χ4v) is 1.34. The SMILES string of the molecule is O=C(O)Nc1cnc(-n2nccn2)c(C(F)(F)F)c1. The van der Waals surface area contributed by atoms with E-state index in [4.69, 9.17) is 5.11 Å². The van der Waals surface area contributed by atoms with E-state index in [1.165, 1.54) is 12.4 Å². The second kappa shape index (κ2) is 4.55. The first kappa shape index (κ1) is 12.8. The van der Waals surface area contributed by atoms with Crippen LogP contribution in [0.15, 0.2) is 24.7 Å². The molecule has 19 heavy (non-hydrogen) atoms. The Morgan fingerprint density at radius 1 is 1.32 bits per heavy atom. The van der Waals surface area contributed by atoms with Gasteiger partial charge in [0.1, 0.15) is 5.56 Å². The first-order chi connectivity index (χ1) is 8.88. The van der Waals surface area contributed by atoms with Crippen LogP contribution in [0.5, 0.6) is 0 Å². The molecule has 2 aromatic heterocycles. The average Bonchev–Trinajstić information content (AvgIpc) is 2.80. The van der Waals surface area contributed by atoms with Crippen LogP contribution in [0.25, 0.3) is 5.82 Å². The number of nitrogens with one attached hydrogen (secondary N) is 1. The molecule has 0 bridgehead atoms. The molecule has 0 radical (unpaired) electrons. The second-order valence-corrected chi connectivity index (χ2v) is 3.34. The summed E-state index contributed by atoms with van der Waals surface area (Å²) in [5.41, 5.74) is -1.44. The number of carbonyl (C=O) groups is 1. The van der Waals surface area contributed by atoms with Crippen LogP contribution in [0.3, 0.4) is 0 Å². The summed E-state index contributed by atoms with van der Waals surface area (Å²) in [5, 5.41) is 17.4. The van der Waals surface area contributed by atoms with Crippen LogP contribution in [0, 0.1) is 0 Å². The van der Waals surface area contributed by atoms with Gasteiger partial charge in [0.15, 0.2) is 5.82 Å². The third-order valence-electron chi connectivity index (χ3n) is 2.03. The quantitative estimate of drug-likeness (QED) is 0.869. The standard InChI is InChI=1S/C9H6F3N5O2/c10-9(11,12)6-3-5(16-8(18)19)4-13-7(6)17-14-1-2-15-17/h1-4,16H,(H,18,19). The summed E-state index contributed by atoms with van der Waals surface area (Å²) in [5.74, 6) is -0.534. The summed E-state index contributed by atoms with van der Waals surface area (Å²) in [7, 11) is 0. The third-order valence-corrected chi connectivity index (χ3v) is 2.03. The predicted octanol–water partition coefficient (Wildman–Crippen LogP) is 1.77. The van der Waals surface area contributed by atoms with E-state index in [9.17, 15) is 18.0 Å². The maximum absolute atomic E-state index is 12.9. The highest BCUT2D eigenvalue weighted by atomic mass is 19.4. The van der Waals surface area contributed by atoms with Gasteiger partial charge in [-0.3, -0.25) is 5.32 Å². The molecular formula is C9H6F3N5O2. The molecule has 0 fully saturated rings. The molecule has 2 rings (SSSR count). The lowest BCUT2D eigenvalue weighted by Gasteiger charge is -2.12. The van der Waals surface area contributed by atoms with Crippen LogP contribution in [0.2, 0.25) is 0 Å². The summed E-state index contributed by atoms with van der Waals surface area (Å²) in [6.07, 6.45) is -2.86. The molecule has 10 heteroatoms. The molecule has 1 amide bonds. The molecule has 7 nitrogen and oxygen atoms in total. The normalized spacial score (nSPS) is 11.3. The highest BCUT2D eigenvalue weighted by Gasteiger charge is 2.36.